The van der Waals surface area contributed by atoms with Gasteiger partial charge in [0.15, 0.2) is 8.68 Å². The molecule has 0 aliphatic heterocycles. The normalized spacial score (nSPS) is 11.4. The number of rotatable bonds is 8. The minimum atomic E-state index is -0.242. The molecule has 0 spiro atoms. The first-order valence-corrected chi connectivity index (χ1v) is 11.6. The van der Waals surface area contributed by atoms with Crippen LogP contribution in [-0.2, 0) is 10.5 Å². The summed E-state index contributed by atoms with van der Waals surface area (Å²) in [5.41, 5.74) is 6.10. The molecule has 9 heteroatoms. The van der Waals surface area contributed by atoms with Gasteiger partial charge in [0.25, 0.3) is 5.91 Å². The number of thioether (sulfide) groups is 2. The van der Waals surface area contributed by atoms with E-state index in [1.807, 2.05) is 0 Å². The van der Waals surface area contributed by atoms with E-state index in [0.717, 1.165) is 14.4 Å². The number of carbonyl (C=O) groups excluding carboxylic acids is 1. The molecule has 2 N–H and O–H groups in total. The van der Waals surface area contributed by atoms with E-state index in [2.05, 4.69) is 51.9 Å². The van der Waals surface area contributed by atoms with Crippen LogP contribution in [0.5, 0.6) is 5.75 Å². The Hall–Kier alpha value is -2.36. The van der Waals surface area contributed by atoms with E-state index in [0.29, 0.717) is 11.3 Å². The lowest BCUT2D eigenvalue weighted by molar-refractivity contribution is -0.118. The fourth-order valence-corrected chi connectivity index (χ4v) is 5.06. The molecule has 0 bridgehead atoms. The third kappa shape index (κ3) is 6.59. The van der Waals surface area contributed by atoms with Crippen LogP contribution in [0.15, 0.2) is 62.3 Å². The van der Waals surface area contributed by atoms with Gasteiger partial charge in [-0.25, -0.2) is 5.43 Å². The third-order valence-corrected chi connectivity index (χ3v) is 7.10. The molecule has 0 atom stereocenters. The van der Waals surface area contributed by atoms with Gasteiger partial charge in [0.05, 0.1) is 11.5 Å². The number of aromatic hydroxyl groups is 1. The van der Waals surface area contributed by atoms with Crippen LogP contribution < -0.4 is 5.43 Å². The van der Waals surface area contributed by atoms with Gasteiger partial charge < -0.3 is 5.11 Å². The highest BCUT2D eigenvalue weighted by atomic mass is 32.2. The van der Waals surface area contributed by atoms with Crippen molar-refractivity contribution in [1.29, 1.82) is 0 Å². The molecule has 150 valence electrons. The SMILES string of the molecule is C/C(=N/NC(=O)CSc1nnc(SCc2ccc(C)cc2)s1)c1ccccc1O. The average Bonchev–Trinajstić information content (AvgIpc) is 3.18. The Morgan fingerprint density at radius 3 is 2.52 bits per heavy atom. The summed E-state index contributed by atoms with van der Waals surface area (Å²) < 4.78 is 1.62. The number of phenolic OH excluding ortho intramolecular Hbond substituents is 1. The number of amides is 1. The van der Waals surface area contributed by atoms with E-state index in [1.165, 1.54) is 34.2 Å². The second-order valence-corrected chi connectivity index (χ2v) is 9.57. The summed E-state index contributed by atoms with van der Waals surface area (Å²) in [6.07, 6.45) is 0. The number of hydrazone groups is 1. The molecule has 0 saturated heterocycles. The van der Waals surface area contributed by atoms with E-state index in [4.69, 9.17) is 0 Å². The second kappa shape index (κ2) is 10.4. The molecule has 0 aliphatic carbocycles. The van der Waals surface area contributed by atoms with Gasteiger partial charge in [-0.15, -0.1) is 10.2 Å². The van der Waals surface area contributed by atoms with Crippen LogP contribution in [0.1, 0.15) is 23.6 Å². The fraction of sp³-hybridized carbons (Fsp3) is 0.200. The lowest BCUT2D eigenvalue weighted by atomic mass is 10.1. The van der Waals surface area contributed by atoms with E-state index in [-0.39, 0.29) is 17.4 Å². The summed E-state index contributed by atoms with van der Waals surface area (Å²) in [5.74, 6) is 0.908. The van der Waals surface area contributed by atoms with E-state index in [1.54, 1.807) is 43.0 Å². The largest absolute Gasteiger partial charge is 0.507 e. The molecule has 0 radical (unpaired) electrons. The van der Waals surface area contributed by atoms with Crippen LogP contribution in [0, 0.1) is 6.92 Å². The van der Waals surface area contributed by atoms with Crippen molar-refractivity contribution in [3.63, 3.8) is 0 Å². The average molecular weight is 445 g/mol. The first kappa shape index (κ1) is 21.4. The Labute approximate surface area is 181 Å². The molecule has 3 rings (SSSR count). The van der Waals surface area contributed by atoms with Crippen molar-refractivity contribution in [1.82, 2.24) is 15.6 Å². The Bertz CT molecular complexity index is 1000. The van der Waals surface area contributed by atoms with Crippen molar-refractivity contribution in [3.05, 3.63) is 65.2 Å². The molecule has 1 aromatic heterocycles. The van der Waals surface area contributed by atoms with Crippen LogP contribution in [-0.4, -0.2) is 32.7 Å². The van der Waals surface area contributed by atoms with Gasteiger partial charge in [-0.3, -0.25) is 4.79 Å². The summed E-state index contributed by atoms with van der Waals surface area (Å²) in [6, 6.07) is 15.3. The maximum Gasteiger partial charge on any atom is 0.250 e. The first-order chi connectivity index (χ1) is 14.0. The molecule has 1 heterocycles. The van der Waals surface area contributed by atoms with Crippen molar-refractivity contribution in [2.75, 3.05) is 5.75 Å². The Morgan fingerprint density at radius 1 is 1.10 bits per heavy atom. The quantitative estimate of drug-likeness (QED) is 0.303. The number of aryl methyl sites for hydroxylation is 1. The van der Waals surface area contributed by atoms with Gasteiger partial charge >= 0.3 is 0 Å². The van der Waals surface area contributed by atoms with Gasteiger partial charge in [0, 0.05) is 11.3 Å². The number of hydrogen-bond acceptors (Lipinski definition) is 8. The smallest absolute Gasteiger partial charge is 0.250 e. The molecule has 1 amide bonds. The highest BCUT2D eigenvalue weighted by Gasteiger charge is 2.09. The summed E-state index contributed by atoms with van der Waals surface area (Å²) in [7, 11) is 0. The number of aromatic nitrogens is 2. The standard InChI is InChI=1S/C20H20N4O2S3/c1-13-7-9-15(10-8-13)11-27-19-23-24-20(29-19)28-12-18(26)22-21-14(2)16-5-3-4-6-17(16)25/h3-10,25H,11-12H2,1-2H3,(H,22,26)/b21-14-. The number of phenols is 1. The number of nitrogens with one attached hydrogen (secondary N) is 1. The molecule has 3 aromatic rings. The van der Waals surface area contributed by atoms with Crippen molar-refractivity contribution in [2.45, 2.75) is 28.3 Å². The Balaban J connectivity index is 1.45. The Morgan fingerprint density at radius 2 is 1.79 bits per heavy atom. The van der Waals surface area contributed by atoms with Crippen molar-refractivity contribution in [2.24, 2.45) is 5.10 Å². The number of hydrogen-bond donors (Lipinski definition) is 2. The zero-order valence-corrected chi connectivity index (χ0v) is 18.4. The van der Waals surface area contributed by atoms with Crippen LogP contribution in [0.4, 0.5) is 0 Å². The maximum atomic E-state index is 12.0. The second-order valence-electron chi connectivity index (χ2n) is 6.15. The molecular formula is C20H20N4O2S3. The van der Waals surface area contributed by atoms with Gasteiger partial charge in [0.2, 0.25) is 0 Å². The monoisotopic (exact) mass is 444 g/mol. The topological polar surface area (TPSA) is 87.5 Å². The van der Waals surface area contributed by atoms with Crippen molar-refractivity contribution in [3.8, 4) is 5.75 Å². The highest BCUT2D eigenvalue weighted by Crippen LogP contribution is 2.30. The number of para-hydroxylation sites is 1. The molecule has 0 unspecified atom stereocenters. The lowest BCUT2D eigenvalue weighted by Crippen LogP contribution is -2.21. The van der Waals surface area contributed by atoms with E-state index in [9.17, 15) is 9.90 Å². The number of benzene rings is 2. The van der Waals surface area contributed by atoms with Crippen LogP contribution in [0.25, 0.3) is 0 Å². The predicted molar refractivity (Wildman–Crippen MR) is 120 cm³/mol. The van der Waals surface area contributed by atoms with Gasteiger partial charge in [0.1, 0.15) is 5.75 Å². The molecule has 0 fully saturated rings. The lowest BCUT2D eigenvalue weighted by Gasteiger charge is -2.04. The van der Waals surface area contributed by atoms with Gasteiger partial charge in [-0.1, -0.05) is 76.8 Å². The maximum absolute atomic E-state index is 12.0. The first-order valence-electron chi connectivity index (χ1n) is 8.77. The zero-order chi connectivity index (χ0) is 20.6. The minimum Gasteiger partial charge on any atom is -0.507 e. The third-order valence-electron chi connectivity index (χ3n) is 3.84. The van der Waals surface area contributed by atoms with Crippen LogP contribution >= 0.6 is 34.9 Å². The number of nitrogens with zero attached hydrogens (tertiary/aromatic N) is 3. The molecule has 2 aromatic carbocycles. The summed E-state index contributed by atoms with van der Waals surface area (Å²) in [5, 5.41) is 22.2. The molecule has 0 saturated carbocycles. The summed E-state index contributed by atoms with van der Waals surface area (Å²) >= 11 is 4.43. The van der Waals surface area contributed by atoms with Gasteiger partial charge in [-0.05, 0) is 31.5 Å². The highest BCUT2D eigenvalue weighted by molar-refractivity contribution is 8.03. The Kier molecular flexibility index (Phi) is 7.68. The number of carbonyl (C=O) groups is 1. The molecular weight excluding hydrogens is 424 g/mol. The van der Waals surface area contributed by atoms with Crippen LogP contribution in [0.3, 0.4) is 0 Å². The zero-order valence-electron chi connectivity index (χ0n) is 16.0. The summed E-state index contributed by atoms with van der Waals surface area (Å²) in [4.78, 5) is 12.0. The molecule has 0 aliphatic rings. The van der Waals surface area contributed by atoms with Gasteiger partial charge in [-0.2, -0.15) is 5.10 Å². The minimum absolute atomic E-state index is 0.127. The van der Waals surface area contributed by atoms with E-state index < -0.39 is 0 Å². The predicted octanol–water partition coefficient (Wildman–Crippen LogP) is 4.48. The van der Waals surface area contributed by atoms with Crippen molar-refractivity contribution < 1.29 is 9.90 Å². The summed E-state index contributed by atoms with van der Waals surface area (Å²) in [6.45, 7) is 3.80. The van der Waals surface area contributed by atoms with Crippen LogP contribution in [0.2, 0.25) is 0 Å². The molecule has 29 heavy (non-hydrogen) atoms. The fourth-order valence-electron chi connectivity index (χ4n) is 2.29. The molecule has 6 nitrogen and oxygen atoms in total. The van der Waals surface area contributed by atoms with Crippen molar-refractivity contribution >= 4 is 46.5 Å². The van der Waals surface area contributed by atoms with E-state index >= 15 is 0 Å².